The van der Waals surface area contributed by atoms with Gasteiger partial charge >= 0.3 is 0 Å². The molecule has 0 heterocycles. The lowest BCUT2D eigenvalue weighted by Gasteiger charge is -2.28. The molecule has 0 unspecified atom stereocenters. The molecule has 5 aromatic carbocycles. The summed E-state index contributed by atoms with van der Waals surface area (Å²) in [4.78, 5) is 1.41. The van der Waals surface area contributed by atoms with E-state index in [-0.39, 0.29) is 0 Å². The van der Waals surface area contributed by atoms with E-state index < -0.39 is 10.0 Å². The van der Waals surface area contributed by atoms with E-state index in [1.165, 1.54) is 48.7 Å². The molecule has 0 aliphatic heterocycles. The summed E-state index contributed by atoms with van der Waals surface area (Å²) in [6.45, 7) is 8.49. The number of hydrogen-bond acceptors (Lipinski definition) is 0. The molecular weight excluding hydrogens is 428 g/mol. The second-order valence-corrected chi connectivity index (χ2v) is 13.6. The van der Waals surface area contributed by atoms with E-state index in [1.54, 1.807) is 0 Å². The second-order valence-electron chi connectivity index (χ2n) is 9.46. The van der Waals surface area contributed by atoms with Crippen LogP contribution in [0.25, 0.3) is 56.0 Å². The Balaban J connectivity index is 1.96. The maximum Gasteiger partial charge on any atom is -0.00262 e. The lowest BCUT2D eigenvalue weighted by Crippen LogP contribution is -1.98. The van der Waals surface area contributed by atoms with Gasteiger partial charge in [-0.15, -0.1) is 0 Å². The molecular formula is C33H30S. The monoisotopic (exact) mass is 458 g/mol. The van der Waals surface area contributed by atoms with Crippen LogP contribution in [0.15, 0.2) is 109 Å². The fourth-order valence-electron chi connectivity index (χ4n) is 4.88. The van der Waals surface area contributed by atoms with Crippen molar-refractivity contribution in [3.8, 4) is 22.3 Å². The fourth-order valence-corrected chi connectivity index (χ4v) is 5.83. The Morgan fingerprint density at radius 3 is 1.82 bits per heavy atom. The van der Waals surface area contributed by atoms with Gasteiger partial charge < -0.3 is 0 Å². The average Bonchev–Trinajstić information content (AvgIpc) is 2.86. The molecule has 168 valence electrons. The molecule has 0 fully saturated rings. The van der Waals surface area contributed by atoms with Gasteiger partial charge in [0.1, 0.15) is 0 Å². The molecule has 5 rings (SSSR count). The van der Waals surface area contributed by atoms with Gasteiger partial charge in [-0.3, -0.25) is 0 Å². The Hall–Kier alpha value is -3.55. The maximum absolute atomic E-state index is 4.25. The molecule has 0 saturated heterocycles. The molecule has 5 aromatic rings. The third-order valence-electron chi connectivity index (χ3n) is 6.57. The van der Waals surface area contributed by atoms with Crippen LogP contribution in [-0.2, 0) is 0 Å². The van der Waals surface area contributed by atoms with Crippen molar-refractivity contribution in [1.82, 2.24) is 0 Å². The highest BCUT2D eigenvalue weighted by Gasteiger charge is 2.20. The quantitative estimate of drug-likeness (QED) is 0.246. The van der Waals surface area contributed by atoms with Gasteiger partial charge in [0.2, 0.25) is 0 Å². The van der Waals surface area contributed by atoms with Crippen LogP contribution in [0.3, 0.4) is 0 Å². The van der Waals surface area contributed by atoms with Crippen LogP contribution < -0.4 is 0 Å². The lowest BCUT2D eigenvalue weighted by molar-refractivity contribution is 1.47. The van der Waals surface area contributed by atoms with Gasteiger partial charge in [-0.05, 0) is 96.8 Å². The number of hydrogen-bond donors (Lipinski definition) is 0. The third-order valence-corrected chi connectivity index (χ3v) is 8.24. The average molecular weight is 459 g/mol. The summed E-state index contributed by atoms with van der Waals surface area (Å²) in [5, 5.41) is 5.02. The zero-order valence-corrected chi connectivity index (χ0v) is 21.0. The summed E-state index contributed by atoms with van der Waals surface area (Å²) in [5.41, 5.74) is 7.13. The molecule has 0 nitrogen and oxygen atoms in total. The Morgan fingerprint density at radius 2 is 1.18 bits per heavy atom. The first-order valence-corrected chi connectivity index (χ1v) is 14.4. The van der Waals surface area contributed by atoms with Crippen LogP contribution in [0, 0.1) is 0 Å². The number of rotatable bonds is 5. The van der Waals surface area contributed by atoms with Crippen molar-refractivity contribution in [3.63, 3.8) is 0 Å². The van der Waals surface area contributed by atoms with E-state index in [9.17, 15) is 0 Å². The molecule has 0 aromatic heterocycles. The van der Waals surface area contributed by atoms with Crippen LogP contribution >= 0.6 is 10.0 Å². The molecule has 0 amide bonds. The summed E-state index contributed by atoms with van der Waals surface area (Å²) < 4.78 is 0. The molecule has 0 spiro atoms. The highest BCUT2D eigenvalue weighted by atomic mass is 32.3. The predicted molar refractivity (Wildman–Crippen MR) is 156 cm³/mol. The highest BCUT2D eigenvalue weighted by molar-refractivity contribution is 8.32. The van der Waals surface area contributed by atoms with Gasteiger partial charge in [0.25, 0.3) is 0 Å². The third kappa shape index (κ3) is 3.77. The van der Waals surface area contributed by atoms with E-state index in [2.05, 4.69) is 123 Å². The highest BCUT2D eigenvalue weighted by Crippen LogP contribution is 2.49. The molecule has 0 atom stereocenters. The van der Waals surface area contributed by atoms with Gasteiger partial charge in [0, 0.05) is 0 Å². The minimum atomic E-state index is -0.881. The van der Waals surface area contributed by atoms with Crippen molar-refractivity contribution in [2.45, 2.75) is 4.90 Å². The molecule has 0 radical (unpaired) electrons. The van der Waals surface area contributed by atoms with Gasteiger partial charge in [0.15, 0.2) is 0 Å². The second kappa shape index (κ2) is 8.66. The first-order valence-electron chi connectivity index (χ1n) is 11.5. The van der Waals surface area contributed by atoms with Gasteiger partial charge in [-0.1, -0.05) is 98.1 Å². The van der Waals surface area contributed by atoms with Crippen molar-refractivity contribution < 1.29 is 0 Å². The van der Waals surface area contributed by atoms with Crippen molar-refractivity contribution in [1.29, 1.82) is 0 Å². The van der Waals surface area contributed by atoms with Crippen molar-refractivity contribution in [3.05, 3.63) is 115 Å². The number of fused-ring (bicyclic) bond motifs is 2. The zero-order chi connectivity index (χ0) is 23.9. The van der Waals surface area contributed by atoms with Crippen LogP contribution in [0.1, 0.15) is 11.1 Å². The Kier molecular flexibility index (Phi) is 5.67. The van der Waals surface area contributed by atoms with Crippen LogP contribution in [-0.4, -0.2) is 18.8 Å². The minimum absolute atomic E-state index is 0.881. The Morgan fingerprint density at radius 1 is 0.559 bits per heavy atom. The standard InChI is InChI=1S/C33H30S/c1-6-28-29(7-2)33(26-18-17-23-13-11-12-16-25(23)21-26)30-20-19-27(34(3,4)5)22-31(30)32(28)24-14-9-8-10-15-24/h6-22H,1-2H2,3-5H3. The van der Waals surface area contributed by atoms with Crippen molar-refractivity contribution in [2.75, 3.05) is 18.8 Å². The Bertz CT molecular complexity index is 1550. The van der Waals surface area contributed by atoms with Crippen LogP contribution in [0.2, 0.25) is 0 Å². The lowest BCUT2D eigenvalue weighted by atomic mass is 9.83. The Labute approximate surface area is 204 Å². The molecule has 0 bridgehead atoms. The first-order chi connectivity index (χ1) is 16.4. The largest absolute Gasteiger partial charge is 0.223 e. The predicted octanol–water partition coefficient (Wildman–Crippen LogP) is 9.67. The molecule has 0 N–H and O–H groups in total. The van der Waals surface area contributed by atoms with Crippen molar-refractivity contribution in [2.24, 2.45) is 0 Å². The SMILES string of the molecule is C=Cc1c(C=C)c(-c2ccccc2)c2cc(S(C)(C)C)ccc2c1-c1ccc2ccccc2c1. The smallest absolute Gasteiger partial charge is 0.00262 e. The van der Waals surface area contributed by atoms with Gasteiger partial charge in [-0.25, -0.2) is 10.0 Å². The first kappa shape index (κ1) is 22.3. The summed E-state index contributed by atoms with van der Waals surface area (Å²) in [6, 6.07) is 33.0. The van der Waals surface area contributed by atoms with Gasteiger partial charge in [-0.2, -0.15) is 0 Å². The van der Waals surface area contributed by atoms with Gasteiger partial charge in [0.05, 0.1) is 0 Å². The summed E-state index contributed by atoms with van der Waals surface area (Å²) in [5.74, 6) is 0. The molecule has 0 aliphatic rings. The van der Waals surface area contributed by atoms with E-state index in [0.29, 0.717) is 0 Å². The topological polar surface area (TPSA) is 0 Å². The minimum Gasteiger partial charge on any atom is -0.223 e. The van der Waals surface area contributed by atoms with Crippen LogP contribution in [0.4, 0.5) is 0 Å². The van der Waals surface area contributed by atoms with E-state index in [4.69, 9.17) is 0 Å². The summed E-state index contributed by atoms with van der Waals surface area (Å²) >= 11 is 0. The molecule has 34 heavy (non-hydrogen) atoms. The van der Waals surface area contributed by atoms with E-state index in [1.807, 2.05) is 12.2 Å². The number of benzene rings is 5. The van der Waals surface area contributed by atoms with E-state index in [0.717, 1.165) is 11.1 Å². The molecule has 0 saturated carbocycles. The fraction of sp³-hybridized carbons (Fsp3) is 0.0909. The zero-order valence-electron chi connectivity index (χ0n) is 20.1. The van der Waals surface area contributed by atoms with Crippen molar-refractivity contribution >= 4 is 43.7 Å². The molecule has 0 aliphatic carbocycles. The summed E-state index contributed by atoms with van der Waals surface area (Å²) in [6.07, 6.45) is 11.1. The summed E-state index contributed by atoms with van der Waals surface area (Å²) in [7, 11) is -0.881. The normalized spacial score (nSPS) is 12.1. The van der Waals surface area contributed by atoms with Crippen LogP contribution in [0.5, 0.6) is 0 Å². The molecule has 1 heteroatoms. The maximum atomic E-state index is 4.25. The van der Waals surface area contributed by atoms with E-state index >= 15 is 0 Å².